The Balaban J connectivity index is 1.75. The van der Waals surface area contributed by atoms with Gasteiger partial charge in [0.25, 0.3) is 0 Å². The van der Waals surface area contributed by atoms with Gasteiger partial charge in [-0.15, -0.1) is 0 Å². The Bertz CT molecular complexity index is 792. The normalized spacial score (nSPS) is 12.3. The average Bonchev–Trinajstić information content (AvgIpc) is 2.84. The van der Waals surface area contributed by atoms with Crippen LogP contribution >= 0.6 is 0 Å². The van der Waals surface area contributed by atoms with E-state index in [4.69, 9.17) is 0 Å². The van der Waals surface area contributed by atoms with Crippen molar-refractivity contribution in [3.05, 3.63) is 66.1 Å². The number of carbonyl (C=O) groups excluding carboxylic acids is 1. The van der Waals surface area contributed by atoms with Gasteiger partial charge in [0.1, 0.15) is 6.54 Å². The minimum Gasteiger partial charge on any atom is -0.348 e. The Morgan fingerprint density at radius 3 is 2.73 bits per heavy atom. The van der Waals surface area contributed by atoms with Crippen molar-refractivity contribution in [3.63, 3.8) is 0 Å². The Kier molecular flexibility index (Phi) is 3.92. The van der Waals surface area contributed by atoms with Crippen LogP contribution in [-0.2, 0) is 11.3 Å². The maximum atomic E-state index is 12.3. The lowest BCUT2D eigenvalue weighted by molar-refractivity contribution is -0.122. The van der Waals surface area contributed by atoms with Gasteiger partial charge in [-0.1, -0.05) is 18.2 Å². The number of fused-ring (bicyclic) bond motifs is 1. The Hall–Kier alpha value is -2.62. The number of pyridine rings is 1. The predicted octanol–water partition coefficient (Wildman–Crippen LogP) is 3.22. The van der Waals surface area contributed by atoms with Crippen LogP contribution in [0.2, 0.25) is 0 Å². The van der Waals surface area contributed by atoms with Crippen LogP contribution in [0, 0.1) is 6.92 Å². The summed E-state index contributed by atoms with van der Waals surface area (Å²) in [5.41, 5.74) is 3.23. The van der Waals surface area contributed by atoms with Crippen molar-refractivity contribution < 1.29 is 4.79 Å². The molecule has 1 amide bonds. The number of nitrogens with zero attached hydrogens (tertiary/aromatic N) is 2. The van der Waals surface area contributed by atoms with Crippen LogP contribution in [-0.4, -0.2) is 15.5 Å². The van der Waals surface area contributed by atoms with Gasteiger partial charge in [0.15, 0.2) is 0 Å². The number of nitrogens with one attached hydrogen (secondary N) is 1. The molecular formula is C18H19N3O. The number of aryl methyl sites for hydroxylation is 1. The maximum Gasteiger partial charge on any atom is 0.240 e. The summed E-state index contributed by atoms with van der Waals surface area (Å²) in [4.78, 5) is 16.3. The first-order valence-corrected chi connectivity index (χ1v) is 7.39. The number of hydrogen-bond acceptors (Lipinski definition) is 2. The van der Waals surface area contributed by atoms with Gasteiger partial charge in [-0.25, -0.2) is 0 Å². The number of hydrogen-bond donors (Lipinski definition) is 1. The molecule has 0 aliphatic rings. The van der Waals surface area contributed by atoms with E-state index in [0.717, 1.165) is 22.2 Å². The van der Waals surface area contributed by atoms with E-state index in [1.54, 1.807) is 12.4 Å². The Labute approximate surface area is 129 Å². The largest absolute Gasteiger partial charge is 0.348 e. The molecule has 2 heterocycles. The number of carbonyl (C=O) groups is 1. The fraction of sp³-hybridized carbons (Fsp3) is 0.222. The smallest absolute Gasteiger partial charge is 0.240 e. The number of aromatic nitrogens is 2. The summed E-state index contributed by atoms with van der Waals surface area (Å²) in [6.07, 6.45) is 3.48. The molecule has 112 valence electrons. The summed E-state index contributed by atoms with van der Waals surface area (Å²) in [5, 5.41) is 4.20. The molecule has 2 aromatic heterocycles. The van der Waals surface area contributed by atoms with Gasteiger partial charge in [-0.2, -0.15) is 0 Å². The third-order valence-electron chi connectivity index (χ3n) is 3.90. The molecule has 3 rings (SSSR count). The highest BCUT2D eigenvalue weighted by atomic mass is 16.2. The van der Waals surface area contributed by atoms with E-state index in [9.17, 15) is 4.79 Å². The highest BCUT2D eigenvalue weighted by Gasteiger charge is 2.12. The second kappa shape index (κ2) is 6.02. The molecule has 0 saturated carbocycles. The minimum atomic E-state index is -0.0300. The van der Waals surface area contributed by atoms with Crippen LogP contribution in [0.25, 0.3) is 10.9 Å². The summed E-state index contributed by atoms with van der Waals surface area (Å²) in [6.45, 7) is 4.34. The second-order valence-corrected chi connectivity index (χ2v) is 5.50. The van der Waals surface area contributed by atoms with Gasteiger partial charge in [0, 0.05) is 23.6 Å². The van der Waals surface area contributed by atoms with Crippen LogP contribution in [0.1, 0.15) is 24.2 Å². The van der Waals surface area contributed by atoms with Crippen molar-refractivity contribution in [2.75, 3.05) is 0 Å². The molecule has 0 unspecified atom stereocenters. The van der Waals surface area contributed by atoms with E-state index in [0.29, 0.717) is 6.54 Å². The second-order valence-electron chi connectivity index (χ2n) is 5.50. The molecule has 22 heavy (non-hydrogen) atoms. The topological polar surface area (TPSA) is 46.9 Å². The molecule has 0 saturated heterocycles. The summed E-state index contributed by atoms with van der Waals surface area (Å²) in [6, 6.07) is 14.0. The van der Waals surface area contributed by atoms with E-state index in [-0.39, 0.29) is 11.9 Å². The van der Waals surface area contributed by atoms with Crippen molar-refractivity contribution in [1.82, 2.24) is 14.9 Å². The van der Waals surface area contributed by atoms with Gasteiger partial charge in [0.05, 0.1) is 6.04 Å². The monoisotopic (exact) mass is 293 g/mol. The van der Waals surface area contributed by atoms with Crippen molar-refractivity contribution >= 4 is 16.8 Å². The highest BCUT2D eigenvalue weighted by Crippen LogP contribution is 2.19. The third kappa shape index (κ3) is 2.86. The molecule has 1 atom stereocenters. The van der Waals surface area contributed by atoms with Crippen molar-refractivity contribution in [3.8, 4) is 0 Å². The lowest BCUT2D eigenvalue weighted by atomic mass is 10.1. The molecule has 4 nitrogen and oxygen atoms in total. The zero-order valence-electron chi connectivity index (χ0n) is 12.8. The highest BCUT2D eigenvalue weighted by molar-refractivity contribution is 5.84. The molecular weight excluding hydrogens is 274 g/mol. The molecule has 4 heteroatoms. The first kappa shape index (κ1) is 14.3. The fourth-order valence-electron chi connectivity index (χ4n) is 2.72. The van der Waals surface area contributed by atoms with Gasteiger partial charge in [0.2, 0.25) is 5.91 Å². The summed E-state index contributed by atoms with van der Waals surface area (Å²) in [5.74, 6) is 0.00812. The quantitative estimate of drug-likeness (QED) is 0.803. The lowest BCUT2D eigenvalue weighted by Gasteiger charge is -2.15. The molecule has 0 fully saturated rings. The lowest BCUT2D eigenvalue weighted by Crippen LogP contribution is -2.30. The molecule has 0 spiro atoms. The predicted molar refractivity (Wildman–Crippen MR) is 87.5 cm³/mol. The molecule has 0 aliphatic heterocycles. The summed E-state index contributed by atoms with van der Waals surface area (Å²) < 4.78 is 2.05. The van der Waals surface area contributed by atoms with Crippen molar-refractivity contribution in [2.45, 2.75) is 26.4 Å². The number of benzene rings is 1. The van der Waals surface area contributed by atoms with Crippen LogP contribution < -0.4 is 5.32 Å². The van der Waals surface area contributed by atoms with E-state index in [1.807, 2.05) is 48.7 Å². The summed E-state index contributed by atoms with van der Waals surface area (Å²) in [7, 11) is 0. The van der Waals surface area contributed by atoms with E-state index < -0.39 is 0 Å². The molecule has 0 radical (unpaired) electrons. The Morgan fingerprint density at radius 1 is 1.23 bits per heavy atom. The van der Waals surface area contributed by atoms with Crippen molar-refractivity contribution in [1.29, 1.82) is 0 Å². The number of rotatable bonds is 4. The zero-order chi connectivity index (χ0) is 15.5. The van der Waals surface area contributed by atoms with Crippen molar-refractivity contribution in [2.24, 2.45) is 0 Å². The van der Waals surface area contributed by atoms with Crippen LogP contribution in [0.3, 0.4) is 0 Å². The first-order valence-electron chi connectivity index (χ1n) is 7.39. The van der Waals surface area contributed by atoms with Gasteiger partial charge < -0.3 is 9.88 Å². The average molecular weight is 293 g/mol. The SMILES string of the molecule is Cc1cc2ccccc2n1CC(=O)N[C@H](C)c1ccncc1. The van der Waals surface area contributed by atoms with E-state index in [1.165, 1.54) is 0 Å². The molecule has 1 N–H and O–H groups in total. The number of para-hydroxylation sites is 1. The summed E-state index contributed by atoms with van der Waals surface area (Å²) >= 11 is 0. The standard InChI is InChI=1S/C18H19N3O/c1-13-11-16-5-3-4-6-17(16)21(13)12-18(22)20-14(2)15-7-9-19-10-8-15/h3-11,14H,12H2,1-2H3,(H,20,22)/t14-/m1/s1. The molecule has 0 aliphatic carbocycles. The fourth-order valence-corrected chi connectivity index (χ4v) is 2.72. The molecule has 1 aromatic carbocycles. The zero-order valence-corrected chi connectivity index (χ0v) is 12.8. The van der Waals surface area contributed by atoms with Gasteiger partial charge >= 0.3 is 0 Å². The maximum absolute atomic E-state index is 12.3. The first-order chi connectivity index (χ1) is 10.6. The van der Waals surface area contributed by atoms with Crippen LogP contribution in [0.15, 0.2) is 54.9 Å². The molecule has 3 aromatic rings. The Morgan fingerprint density at radius 2 is 1.95 bits per heavy atom. The minimum absolute atomic E-state index is 0.00812. The van der Waals surface area contributed by atoms with Crippen LogP contribution in [0.5, 0.6) is 0 Å². The van der Waals surface area contributed by atoms with E-state index >= 15 is 0 Å². The van der Waals surface area contributed by atoms with E-state index in [2.05, 4.69) is 22.4 Å². The van der Waals surface area contributed by atoms with Gasteiger partial charge in [-0.05, 0) is 49.1 Å². The molecule has 0 bridgehead atoms. The number of amides is 1. The van der Waals surface area contributed by atoms with Crippen LogP contribution in [0.4, 0.5) is 0 Å². The van der Waals surface area contributed by atoms with Gasteiger partial charge in [-0.3, -0.25) is 9.78 Å². The third-order valence-corrected chi connectivity index (χ3v) is 3.90.